The fourth-order valence-electron chi connectivity index (χ4n) is 2.88. The number of rotatable bonds is 0. The van der Waals surface area contributed by atoms with Crippen LogP contribution in [0.5, 0.6) is 0 Å². The van der Waals surface area contributed by atoms with E-state index < -0.39 is 0 Å². The van der Waals surface area contributed by atoms with Crippen LogP contribution in [0.3, 0.4) is 0 Å². The molecule has 0 aromatic heterocycles. The predicted molar refractivity (Wildman–Crippen MR) is 51.1 cm³/mol. The third-order valence-electron chi connectivity index (χ3n) is 3.47. The molecule has 3 aliphatic rings. The summed E-state index contributed by atoms with van der Waals surface area (Å²) in [7, 11) is 0. The quantitative estimate of drug-likeness (QED) is 0.461. The summed E-state index contributed by atoms with van der Waals surface area (Å²) in [6.07, 6.45) is 5.60. The molecule has 3 aliphatic heterocycles. The van der Waals surface area contributed by atoms with Gasteiger partial charge in [-0.05, 0) is 38.9 Å². The van der Waals surface area contributed by atoms with Crippen molar-refractivity contribution in [3.63, 3.8) is 0 Å². The second-order valence-electron chi connectivity index (χ2n) is 4.22. The first kappa shape index (κ1) is 8.17. The molecule has 0 unspecified atom stereocenters. The van der Waals surface area contributed by atoms with Crippen molar-refractivity contribution in [3.8, 4) is 0 Å². The topological polar surface area (TPSA) is 39.3 Å². The van der Waals surface area contributed by atoms with Gasteiger partial charge in [0.15, 0.2) is 0 Å². The maximum atomic E-state index is 3.60. The van der Waals surface area contributed by atoms with E-state index >= 15 is 0 Å². The van der Waals surface area contributed by atoms with Gasteiger partial charge in [-0.1, -0.05) is 0 Å². The van der Waals surface area contributed by atoms with Crippen molar-refractivity contribution >= 4 is 0 Å². The van der Waals surface area contributed by atoms with Crippen LogP contribution in [-0.4, -0.2) is 43.0 Å². The average Bonchev–Trinajstić information content (AvgIpc) is 2.19. The first-order valence-corrected chi connectivity index (χ1v) is 5.43. The van der Waals surface area contributed by atoms with Crippen molar-refractivity contribution in [2.75, 3.05) is 19.6 Å². The summed E-state index contributed by atoms with van der Waals surface area (Å²) >= 11 is 0. The Kier molecular flexibility index (Phi) is 2.01. The van der Waals surface area contributed by atoms with Gasteiger partial charge in [0.25, 0.3) is 0 Å². The van der Waals surface area contributed by atoms with Gasteiger partial charge in [-0.25, -0.2) is 0 Å². The van der Waals surface area contributed by atoms with Gasteiger partial charge in [-0.15, -0.1) is 0 Å². The number of hydrogen-bond acceptors (Lipinski definition) is 4. The molecular formula is C9H18N4. The Balaban J connectivity index is 1.82. The van der Waals surface area contributed by atoms with E-state index in [2.05, 4.69) is 20.9 Å². The van der Waals surface area contributed by atoms with E-state index in [0.29, 0.717) is 18.5 Å². The summed E-state index contributed by atoms with van der Waals surface area (Å²) < 4.78 is 0. The van der Waals surface area contributed by atoms with Gasteiger partial charge in [0, 0.05) is 0 Å². The Morgan fingerprint density at radius 3 is 1.46 bits per heavy atom. The Morgan fingerprint density at radius 1 is 0.692 bits per heavy atom. The first-order chi connectivity index (χ1) is 6.45. The molecule has 0 radical (unpaired) electrons. The van der Waals surface area contributed by atoms with Crippen molar-refractivity contribution in [2.45, 2.75) is 37.8 Å². The van der Waals surface area contributed by atoms with Gasteiger partial charge >= 0.3 is 0 Å². The zero-order valence-corrected chi connectivity index (χ0v) is 7.92. The molecule has 0 spiro atoms. The van der Waals surface area contributed by atoms with Crippen LogP contribution >= 0.6 is 0 Å². The minimum absolute atomic E-state index is 0.623. The Hall–Kier alpha value is -0.160. The highest BCUT2D eigenvalue weighted by atomic mass is 15.5. The third kappa shape index (κ3) is 1.29. The van der Waals surface area contributed by atoms with Crippen molar-refractivity contribution in [3.05, 3.63) is 0 Å². The molecule has 0 aromatic carbocycles. The largest absolute Gasteiger partial charge is 0.301 e. The summed E-state index contributed by atoms with van der Waals surface area (Å²) in [6, 6.07) is 0. The van der Waals surface area contributed by atoms with Gasteiger partial charge in [-0.3, -0.25) is 4.90 Å². The maximum absolute atomic E-state index is 3.60. The molecule has 74 valence electrons. The number of nitrogens with zero attached hydrogens (tertiary/aromatic N) is 1. The highest BCUT2D eigenvalue weighted by Gasteiger charge is 2.39. The zero-order chi connectivity index (χ0) is 8.67. The second-order valence-corrected chi connectivity index (χ2v) is 4.22. The van der Waals surface area contributed by atoms with Crippen LogP contribution in [0.4, 0.5) is 0 Å². The Morgan fingerprint density at radius 2 is 1.08 bits per heavy atom. The predicted octanol–water partition coefficient (Wildman–Crippen LogP) is -0.753. The van der Waals surface area contributed by atoms with E-state index in [-0.39, 0.29) is 0 Å². The molecule has 0 amide bonds. The first-order valence-electron chi connectivity index (χ1n) is 5.43. The zero-order valence-electron chi connectivity index (χ0n) is 7.92. The molecule has 3 heterocycles. The molecule has 0 aliphatic carbocycles. The number of nitrogens with one attached hydrogen (secondary N) is 3. The molecule has 3 rings (SSSR count). The lowest BCUT2D eigenvalue weighted by Gasteiger charge is -2.53. The lowest BCUT2D eigenvalue weighted by atomic mass is 10.0. The molecule has 0 saturated carbocycles. The molecular weight excluding hydrogens is 164 g/mol. The molecule has 0 bridgehead atoms. The lowest BCUT2D eigenvalue weighted by Crippen LogP contribution is -2.72. The van der Waals surface area contributed by atoms with Crippen LogP contribution in [-0.2, 0) is 0 Å². The average molecular weight is 182 g/mol. The van der Waals surface area contributed by atoms with Crippen LogP contribution in [0.2, 0.25) is 0 Å². The van der Waals surface area contributed by atoms with Gasteiger partial charge in [0.1, 0.15) is 0 Å². The van der Waals surface area contributed by atoms with Crippen molar-refractivity contribution in [2.24, 2.45) is 0 Å². The molecule has 3 N–H and O–H groups in total. The summed E-state index contributed by atoms with van der Waals surface area (Å²) in [6.45, 7) is 3.52. The highest BCUT2D eigenvalue weighted by molar-refractivity contribution is 4.93. The van der Waals surface area contributed by atoms with Crippen LogP contribution in [0, 0.1) is 0 Å². The van der Waals surface area contributed by atoms with Gasteiger partial charge < -0.3 is 16.0 Å². The van der Waals surface area contributed by atoms with E-state index in [1.807, 2.05) is 0 Å². The molecule has 0 aromatic rings. The minimum atomic E-state index is 0.623. The van der Waals surface area contributed by atoms with Crippen LogP contribution in [0.25, 0.3) is 0 Å². The minimum Gasteiger partial charge on any atom is -0.301 e. The third-order valence-corrected chi connectivity index (χ3v) is 3.47. The Labute approximate surface area is 79.1 Å². The Bertz CT molecular complexity index is 151. The smallest absolute Gasteiger partial charge is 0.0637 e. The summed E-state index contributed by atoms with van der Waals surface area (Å²) in [5.74, 6) is 0. The van der Waals surface area contributed by atoms with Crippen molar-refractivity contribution in [1.29, 1.82) is 0 Å². The standard InChI is InChI=1S/C9H18N4/c1-4-10-8-3-6-12-9-2-5-11-7(1)13(8)9/h7-12H,1-6H2/t7-,8-,9-/m0/s1. The normalized spacial score (nSPS) is 45.7. The van der Waals surface area contributed by atoms with Crippen molar-refractivity contribution < 1.29 is 0 Å². The SMILES string of the molecule is C1C[C@H]2NCC[C@H]3NCC[C@@H](N1)N32. The van der Waals surface area contributed by atoms with E-state index in [1.54, 1.807) is 0 Å². The van der Waals surface area contributed by atoms with Gasteiger partial charge in [-0.2, -0.15) is 0 Å². The fraction of sp³-hybridized carbons (Fsp3) is 1.00. The van der Waals surface area contributed by atoms with E-state index in [0.717, 1.165) is 0 Å². The highest BCUT2D eigenvalue weighted by Crippen LogP contribution is 2.23. The molecule has 13 heavy (non-hydrogen) atoms. The number of hydrogen-bond donors (Lipinski definition) is 3. The summed E-state index contributed by atoms with van der Waals surface area (Å²) in [4.78, 5) is 2.59. The molecule has 3 fully saturated rings. The van der Waals surface area contributed by atoms with Crippen LogP contribution in [0.1, 0.15) is 19.3 Å². The van der Waals surface area contributed by atoms with Gasteiger partial charge in [0.2, 0.25) is 0 Å². The molecule has 4 heteroatoms. The van der Waals surface area contributed by atoms with Crippen LogP contribution < -0.4 is 16.0 Å². The molecule has 3 atom stereocenters. The van der Waals surface area contributed by atoms with Crippen molar-refractivity contribution in [1.82, 2.24) is 20.9 Å². The lowest BCUT2D eigenvalue weighted by molar-refractivity contribution is -0.0520. The summed E-state index contributed by atoms with van der Waals surface area (Å²) in [5.41, 5.74) is 0. The molecule has 4 nitrogen and oxygen atoms in total. The second kappa shape index (κ2) is 3.20. The van der Waals surface area contributed by atoms with Gasteiger partial charge in [0.05, 0.1) is 18.5 Å². The van der Waals surface area contributed by atoms with E-state index in [4.69, 9.17) is 0 Å². The monoisotopic (exact) mass is 182 g/mol. The maximum Gasteiger partial charge on any atom is 0.0637 e. The fourth-order valence-corrected chi connectivity index (χ4v) is 2.88. The molecule has 3 saturated heterocycles. The summed E-state index contributed by atoms with van der Waals surface area (Å²) in [5, 5.41) is 10.8. The van der Waals surface area contributed by atoms with E-state index in [1.165, 1.54) is 38.9 Å². The van der Waals surface area contributed by atoms with E-state index in [9.17, 15) is 0 Å². The van der Waals surface area contributed by atoms with Crippen LogP contribution in [0.15, 0.2) is 0 Å².